The topological polar surface area (TPSA) is 23.8 Å². The maximum absolute atomic E-state index is 9.79. The van der Waals surface area contributed by atoms with E-state index in [1.165, 1.54) is 77.0 Å². The van der Waals surface area contributed by atoms with Crippen molar-refractivity contribution in [3.05, 3.63) is 12.2 Å². The molecule has 0 amide bonds. The summed E-state index contributed by atoms with van der Waals surface area (Å²) in [7, 11) is 0. The first-order valence-corrected chi connectivity index (χ1v) is 12.3. The highest BCUT2D eigenvalue weighted by Gasteiger charge is 2.38. The number of allylic oxidation sites excluding steroid dienone is 2. The first kappa shape index (κ1) is 22.5. The van der Waals surface area contributed by atoms with Crippen molar-refractivity contribution in [1.29, 1.82) is 5.26 Å². The highest BCUT2D eigenvalue weighted by Crippen LogP contribution is 2.47. The van der Waals surface area contributed by atoms with Crippen LogP contribution in [0, 0.1) is 34.5 Å². The van der Waals surface area contributed by atoms with Crippen LogP contribution in [0.1, 0.15) is 123 Å². The van der Waals surface area contributed by atoms with Crippen molar-refractivity contribution in [3.63, 3.8) is 0 Å². The second-order valence-electron chi connectivity index (χ2n) is 9.63. The Hall–Kier alpha value is -0.770. The Labute approximate surface area is 170 Å². The van der Waals surface area contributed by atoms with Gasteiger partial charge in [0, 0.05) is 0 Å². The molecule has 0 aromatic rings. The summed E-state index contributed by atoms with van der Waals surface area (Å²) in [5.74, 6) is 2.91. The molecule has 2 saturated carbocycles. The van der Waals surface area contributed by atoms with Gasteiger partial charge in [0.2, 0.25) is 0 Å². The molecular weight excluding hydrogens is 326 g/mol. The predicted molar refractivity (Wildman–Crippen MR) is 117 cm³/mol. The van der Waals surface area contributed by atoms with Gasteiger partial charge >= 0.3 is 0 Å². The molecule has 0 aromatic carbocycles. The summed E-state index contributed by atoms with van der Waals surface area (Å²) in [6, 6.07) is 2.73. The van der Waals surface area contributed by atoms with Crippen molar-refractivity contribution in [1.82, 2.24) is 0 Å². The first-order valence-electron chi connectivity index (χ1n) is 12.3. The molecule has 0 spiro atoms. The quantitative estimate of drug-likeness (QED) is 0.263. The van der Waals surface area contributed by atoms with Gasteiger partial charge in [-0.2, -0.15) is 5.26 Å². The van der Waals surface area contributed by atoms with Crippen LogP contribution in [0.2, 0.25) is 0 Å². The van der Waals surface area contributed by atoms with Crippen molar-refractivity contribution in [2.75, 3.05) is 0 Å². The summed E-state index contributed by atoms with van der Waals surface area (Å²) in [4.78, 5) is 0. The SMILES string of the molecule is CC/C=C/CC[C@]1(C#N)CC[C@@H](C2CCC(CCCCCCC)CC2)CC1. The Kier molecular flexibility index (Phi) is 10.5. The van der Waals surface area contributed by atoms with Crippen LogP contribution < -0.4 is 0 Å². The molecule has 0 radical (unpaired) electrons. The van der Waals surface area contributed by atoms with E-state index >= 15 is 0 Å². The molecular formula is C26H45N. The number of nitrogens with zero attached hydrogens (tertiary/aromatic N) is 1. The molecule has 2 fully saturated rings. The number of nitriles is 1. The molecule has 0 aliphatic heterocycles. The summed E-state index contributed by atoms with van der Waals surface area (Å²) in [6.45, 7) is 4.49. The van der Waals surface area contributed by atoms with E-state index in [0.717, 1.165) is 49.9 Å². The molecule has 27 heavy (non-hydrogen) atoms. The minimum Gasteiger partial charge on any atom is -0.198 e. The molecule has 2 aliphatic rings. The Morgan fingerprint density at radius 1 is 0.852 bits per heavy atom. The van der Waals surface area contributed by atoms with E-state index in [1.807, 2.05) is 0 Å². The zero-order valence-electron chi connectivity index (χ0n) is 18.4. The second-order valence-corrected chi connectivity index (χ2v) is 9.63. The van der Waals surface area contributed by atoms with Crippen LogP contribution in [0.3, 0.4) is 0 Å². The molecule has 0 aromatic heterocycles. The largest absolute Gasteiger partial charge is 0.198 e. The third kappa shape index (κ3) is 7.63. The lowest BCUT2D eigenvalue weighted by Crippen LogP contribution is -2.31. The number of rotatable bonds is 11. The van der Waals surface area contributed by atoms with Gasteiger partial charge in [-0.15, -0.1) is 0 Å². The van der Waals surface area contributed by atoms with Gasteiger partial charge in [-0.1, -0.05) is 77.4 Å². The molecule has 1 heteroatoms. The van der Waals surface area contributed by atoms with Crippen molar-refractivity contribution in [3.8, 4) is 6.07 Å². The zero-order chi connectivity index (χ0) is 19.4. The highest BCUT2D eigenvalue weighted by atomic mass is 14.4. The second kappa shape index (κ2) is 12.6. The monoisotopic (exact) mass is 371 g/mol. The standard InChI is InChI=1S/C26H45N/c1-3-5-7-9-10-12-23-13-15-24(16-14-23)25-17-20-26(22-27,21-18-25)19-11-8-6-4-2/h6,8,23-25H,3-5,7,9-21H2,1-2H3/b8-6+/t23?,24?,25-,26+. The van der Waals surface area contributed by atoms with Crippen LogP contribution in [0.5, 0.6) is 0 Å². The summed E-state index contributed by atoms with van der Waals surface area (Å²) < 4.78 is 0. The van der Waals surface area contributed by atoms with Gasteiger partial charge < -0.3 is 0 Å². The average molecular weight is 372 g/mol. The molecule has 1 nitrogen and oxygen atoms in total. The van der Waals surface area contributed by atoms with Gasteiger partial charge in [-0.05, 0) is 75.5 Å². The molecule has 2 rings (SSSR count). The molecule has 0 unspecified atom stereocenters. The van der Waals surface area contributed by atoms with Crippen molar-refractivity contribution in [2.45, 2.75) is 123 Å². The van der Waals surface area contributed by atoms with Crippen LogP contribution in [-0.2, 0) is 0 Å². The van der Waals surface area contributed by atoms with E-state index in [1.54, 1.807) is 0 Å². The summed E-state index contributed by atoms with van der Waals surface area (Å²) in [5, 5.41) is 9.79. The first-order chi connectivity index (χ1) is 13.2. The van der Waals surface area contributed by atoms with Crippen molar-refractivity contribution >= 4 is 0 Å². The molecule has 0 atom stereocenters. The van der Waals surface area contributed by atoms with Crippen LogP contribution in [0.15, 0.2) is 12.2 Å². The van der Waals surface area contributed by atoms with Crippen LogP contribution in [0.4, 0.5) is 0 Å². The summed E-state index contributed by atoms with van der Waals surface area (Å²) >= 11 is 0. The Morgan fingerprint density at radius 3 is 2.15 bits per heavy atom. The average Bonchev–Trinajstić information content (AvgIpc) is 2.72. The van der Waals surface area contributed by atoms with Gasteiger partial charge in [0.05, 0.1) is 11.5 Å². The fourth-order valence-corrected chi connectivity index (χ4v) is 5.71. The number of hydrogen-bond acceptors (Lipinski definition) is 1. The van der Waals surface area contributed by atoms with E-state index in [0.29, 0.717) is 0 Å². The minimum absolute atomic E-state index is 0.00965. The van der Waals surface area contributed by atoms with Crippen molar-refractivity contribution < 1.29 is 0 Å². The lowest BCUT2D eigenvalue weighted by molar-refractivity contribution is 0.116. The number of unbranched alkanes of at least 4 members (excludes halogenated alkanes) is 4. The Balaban J connectivity index is 1.65. The maximum Gasteiger partial charge on any atom is 0.0689 e. The van der Waals surface area contributed by atoms with E-state index < -0.39 is 0 Å². The fourth-order valence-electron chi connectivity index (χ4n) is 5.71. The fraction of sp³-hybridized carbons (Fsp3) is 0.885. The molecule has 0 bridgehead atoms. The van der Waals surface area contributed by atoms with Crippen LogP contribution in [-0.4, -0.2) is 0 Å². The van der Waals surface area contributed by atoms with Gasteiger partial charge in [0.15, 0.2) is 0 Å². The van der Waals surface area contributed by atoms with Crippen LogP contribution in [0.25, 0.3) is 0 Å². The summed E-state index contributed by atoms with van der Waals surface area (Å²) in [6.07, 6.45) is 27.3. The number of hydrogen-bond donors (Lipinski definition) is 0. The normalized spacial score (nSPS) is 31.8. The smallest absolute Gasteiger partial charge is 0.0689 e. The van der Waals surface area contributed by atoms with Gasteiger partial charge in [-0.3, -0.25) is 0 Å². The van der Waals surface area contributed by atoms with E-state index in [2.05, 4.69) is 32.1 Å². The van der Waals surface area contributed by atoms with E-state index in [-0.39, 0.29) is 5.41 Å². The van der Waals surface area contributed by atoms with E-state index in [4.69, 9.17) is 0 Å². The maximum atomic E-state index is 9.79. The molecule has 0 N–H and O–H groups in total. The Bertz CT molecular complexity index is 441. The third-order valence-electron chi connectivity index (χ3n) is 7.69. The highest BCUT2D eigenvalue weighted by molar-refractivity contribution is 5.03. The predicted octanol–water partition coefficient (Wildman–Crippen LogP) is 8.60. The Morgan fingerprint density at radius 2 is 1.52 bits per heavy atom. The summed E-state index contributed by atoms with van der Waals surface area (Å²) in [5.41, 5.74) is -0.00965. The third-order valence-corrected chi connectivity index (χ3v) is 7.69. The van der Waals surface area contributed by atoms with E-state index in [9.17, 15) is 5.26 Å². The molecule has 2 aliphatic carbocycles. The van der Waals surface area contributed by atoms with Gasteiger partial charge in [0.1, 0.15) is 0 Å². The van der Waals surface area contributed by atoms with Crippen molar-refractivity contribution in [2.24, 2.45) is 23.2 Å². The van der Waals surface area contributed by atoms with Gasteiger partial charge in [0.25, 0.3) is 0 Å². The molecule has 0 heterocycles. The zero-order valence-corrected chi connectivity index (χ0v) is 18.4. The molecule has 0 saturated heterocycles. The molecule has 154 valence electrons. The minimum atomic E-state index is -0.00965. The van der Waals surface area contributed by atoms with Crippen LogP contribution >= 0.6 is 0 Å². The lowest BCUT2D eigenvalue weighted by atomic mass is 9.63. The lowest BCUT2D eigenvalue weighted by Gasteiger charge is -2.40. The van der Waals surface area contributed by atoms with Gasteiger partial charge in [-0.25, -0.2) is 0 Å².